The Bertz CT molecular complexity index is 348. The van der Waals surface area contributed by atoms with Gasteiger partial charge in [0, 0.05) is 6.61 Å². The highest BCUT2D eigenvalue weighted by atomic mass is 16.5. The zero-order chi connectivity index (χ0) is 24.8. The molecule has 3 heteroatoms. The van der Waals surface area contributed by atoms with E-state index in [1.54, 1.807) is 0 Å². The summed E-state index contributed by atoms with van der Waals surface area (Å²) in [6.07, 6.45) is 36.1. The molecule has 2 N–H and O–H groups in total. The third kappa shape index (κ3) is 29.9. The maximum atomic E-state index is 9.18. The van der Waals surface area contributed by atoms with Crippen LogP contribution in [0.25, 0.3) is 0 Å². The molecule has 0 spiro atoms. The van der Waals surface area contributed by atoms with Gasteiger partial charge in [-0.3, -0.25) is 0 Å². The van der Waals surface area contributed by atoms with Gasteiger partial charge in [0.2, 0.25) is 0 Å². The van der Waals surface area contributed by atoms with E-state index in [1.165, 1.54) is 161 Å². The van der Waals surface area contributed by atoms with Gasteiger partial charge in [-0.25, -0.2) is 0 Å². The van der Waals surface area contributed by atoms with Crippen molar-refractivity contribution >= 4 is 0 Å². The molecule has 0 bridgehead atoms. The summed E-state index contributed by atoms with van der Waals surface area (Å²) in [5.74, 6) is 0. The average Bonchev–Trinajstić information content (AvgIpc) is 2.85. The Hall–Kier alpha value is -0.120. The van der Waals surface area contributed by atoms with Crippen LogP contribution in [-0.4, -0.2) is 36.1 Å². The summed E-state index contributed by atoms with van der Waals surface area (Å²) in [6, 6.07) is 0. The highest BCUT2D eigenvalue weighted by molar-refractivity contribution is 4.52. The van der Waals surface area contributed by atoms with E-state index in [1.807, 2.05) is 0 Å². The van der Waals surface area contributed by atoms with Crippen molar-refractivity contribution in [2.24, 2.45) is 0 Å². The smallest absolute Gasteiger partial charge is 0.100 e. The van der Waals surface area contributed by atoms with Crippen LogP contribution in [-0.2, 0) is 4.74 Å². The van der Waals surface area contributed by atoms with Crippen LogP contribution in [0.15, 0.2) is 0 Å². The number of unbranched alkanes of at least 4 members (excludes halogenated alkanes) is 25. The van der Waals surface area contributed by atoms with Crippen molar-refractivity contribution in [1.82, 2.24) is 0 Å². The summed E-state index contributed by atoms with van der Waals surface area (Å²) in [7, 11) is 0. The molecule has 0 saturated carbocycles. The molecule has 1 unspecified atom stereocenters. The lowest BCUT2D eigenvalue weighted by Crippen LogP contribution is -2.19. The summed E-state index contributed by atoms with van der Waals surface area (Å²) in [5.41, 5.74) is 0. The zero-order valence-electron chi connectivity index (χ0n) is 23.4. The topological polar surface area (TPSA) is 49.7 Å². The minimum Gasteiger partial charge on any atom is -0.394 e. The summed E-state index contributed by atoms with van der Waals surface area (Å²) in [5, 5.41) is 17.9. The van der Waals surface area contributed by atoms with Crippen LogP contribution >= 0.6 is 0 Å². The Labute approximate surface area is 214 Å². The van der Waals surface area contributed by atoms with Gasteiger partial charge in [0.1, 0.15) is 6.10 Å². The first-order chi connectivity index (χ1) is 16.8. The van der Waals surface area contributed by atoms with Gasteiger partial charge in [-0.15, -0.1) is 0 Å². The molecule has 0 rings (SSSR count). The molecular formula is C31H64O3. The fraction of sp³-hybridized carbons (Fsp3) is 1.00. The lowest BCUT2D eigenvalue weighted by molar-refractivity contribution is 0.00526. The Kier molecular flexibility index (Phi) is 30.8. The van der Waals surface area contributed by atoms with Gasteiger partial charge in [0.25, 0.3) is 0 Å². The van der Waals surface area contributed by atoms with E-state index in [4.69, 9.17) is 9.84 Å². The summed E-state index contributed by atoms with van der Waals surface area (Å²) < 4.78 is 5.33. The molecule has 0 aromatic heterocycles. The van der Waals surface area contributed by atoms with E-state index in [0.717, 1.165) is 6.42 Å². The van der Waals surface area contributed by atoms with E-state index < -0.39 is 6.10 Å². The Balaban J connectivity index is 3.02. The summed E-state index contributed by atoms with van der Waals surface area (Å²) in [6.45, 7) is 3.05. The Morgan fingerprint density at radius 1 is 0.441 bits per heavy atom. The second-order valence-corrected chi connectivity index (χ2v) is 10.8. The van der Waals surface area contributed by atoms with E-state index in [0.29, 0.717) is 6.61 Å². The molecule has 0 fully saturated rings. The van der Waals surface area contributed by atoms with Crippen molar-refractivity contribution in [1.29, 1.82) is 0 Å². The first kappa shape index (κ1) is 33.9. The van der Waals surface area contributed by atoms with Crippen molar-refractivity contribution in [3.05, 3.63) is 0 Å². The molecule has 0 aliphatic rings. The number of hydrogen-bond acceptors (Lipinski definition) is 3. The number of hydrogen-bond donors (Lipinski definition) is 2. The second-order valence-electron chi connectivity index (χ2n) is 10.8. The van der Waals surface area contributed by atoms with Gasteiger partial charge in [-0.1, -0.05) is 167 Å². The molecule has 206 valence electrons. The van der Waals surface area contributed by atoms with Crippen LogP contribution < -0.4 is 0 Å². The van der Waals surface area contributed by atoms with Gasteiger partial charge < -0.3 is 14.9 Å². The number of rotatable bonds is 30. The third-order valence-electron chi connectivity index (χ3n) is 7.16. The first-order valence-electron chi connectivity index (χ1n) is 15.7. The number of aliphatic hydroxyl groups is 2. The van der Waals surface area contributed by atoms with Crippen LogP contribution in [0.4, 0.5) is 0 Å². The van der Waals surface area contributed by atoms with Crippen LogP contribution in [0, 0.1) is 0 Å². The van der Waals surface area contributed by atoms with Crippen molar-refractivity contribution in [2.75, 3.05) is 19.8 Å². The molecule has 34 heavy (non-hydrogen) atoms. The average molecular weight is 485 g/mol. The minimum atomic E-state index is -0.718. The SMILES string of the molecule is CCCCCCCCCCCCCCCCCCCCCCCCCCCCOCC(O)CO. The van der Waals surface area contributed by atoms with Crippen LogP contribution in [0.5, 0.6) is 0 Å². The highest BCUT2D eigenvalue weighted by Gasteiger charge is 2.01. The van der Waals surface area contributed by atoms with Crippen molar-refractivity contribution in [3.8, 4) is 0 Å². The standard InChI is InChI=1S/C31H64O3/c1-2-3-4-5-6-7-8-9-10-11-12-13-14-15-16-17-18-19-20-21-22-23-24-25-26-27-28-34-30-31(33)29-32/h31-33H,2-30H2,1H3. The Morgan fingerprint density at radius 2 is 0.706 bits per heavy atom. The molecule has 0 aliphatic carbocycles. The van der Waals surface area contributed by atoms with Gasteiger partial charge in [0.05, 0.1) is 13.2 Å². The van der Waals surface area contributed by atoms with E-state index >= 15 is 0 Å². The molecule has 0 heterocycles. The predicted molar refractivity (Wildman–Crippen MR) is 150 cm³/mol. The number of aliphatic hydroxyl groups excluding tert-OH is 2. The lowest BCUT2D eigenvalue weighted by atomic mass is 10.0. The van der Waals surface area contributed by atoms with Gasteiger partial charge in [0.15, 0.2) is 0 Å². The van der Waals surface area contributed by atoms with E-state index in [-0.39, 0.29) is 13.2 Å². The maximum absolute atomic E-state index is 9.18. The quantitative estimate of drug-likeness (QED) is 0.0998. The van der Waals surface area contributed by atoms with Gasteiger partial charge in [-0.2, -0.15) is 0 Å². The Morgan fingerprint density at radius 3 is 0.971 bits per heavy atom. The first-order valence-corrected chi connectivity index (χ1v) is 15.7. The minimum absolute atomic E-state index is 0.209. The van der Waals surface area contributed by atoms with Crippen LogP contribution in [0.1, 0.15) is 174 Å². The molecule has 1 atom stereocenters. The molecule has 0 amide bonds. The maximum Gasteiger partial charge on any atom is 0.100 e. The van der Waals surface area contributed by atoms with Crippen molar-refractivity contribution in [2.45, 2.75) is 180 Å². The summed E-state index contributed by atoms with van der Waals surface area (Å²) in [4.78, 5) is 0. The van der Waals surface area contributed by atoms with Gasteiger partial charge >= 0.3 is 0 Å². The van der Waals surface area contributed by atoms with Crippen molar-refractivity contribution in [3.63, 3.8) is 0 Å². The van der Waals surface area contributed by atoms with Crippen LogP contribution in [0.3, 0.4) is 0 Å². The molecule has 3 nitrogen and oxygen atoms in total. The second kappa shape index (κ2) is 30.9. The van der Waals surface area contributed by atoms with E-state index in [2.05, 4.69) is 6.92 Å². The highest BCUT2D eigenvalue weighted by Crippen LogP contribution is 2.16. The summed E-state index contributed by atoms with van der Waals surface area (Å²) >= 11 is 0. The lowest BCUT2D eigenvalue weighted by Gasteiger charge is -2.08. The zero-order valence-corrected chi connectivity index (χ0v) is 23.4. The molecule has 0 aromatic carbocycles. The molecule has 0 aliphatic heterocycles. The normalized spacial score (nSPS) is 12.4. The molecule has 0 radical (unpaired) electrons. The van der Waals surface area contributed by atoms with Crippen molar-refractivity contribution < 1.29 is 14.9 Å². The third-order valence-corrected chi connectivity index (χ3v) is 7.16. The predicted octanol–water partition coefficient (Wildman–Crippen LogP) is 9.52. The van der Waals surface area contributed by atoms with Crippen LogP contribution in [0.2, 0.25) is 0 Å². The fourth-order valence-electron chi connectivity index (χ4n) is 4.79. The van der Waals surface area contributed by atoms with Gasteiger partial charge in [-0.05, 0) is 6.42 Å². The largest absolute Gasteiger partial charge is 0.394 e. The fourth-order valence-corrected chi connectivity index (χ4v) is 4.79. The molecular weight excluding hydrogens is 420 g/mol. The number of ether oxygens (including phenoxy) is 1. The monoisotopic (exact) mass is 484 g/mol. The molecule has 0 saturated heterocycles. The van der Waals surface area contributed by atoms with E-state index in [9.17, 15) is 5.11 Å². The molecule has 0 aromatic rings.